The highest BCUT2D eigenvalue weighted by molar-refractivity contribution is 8.01. The minimum absolute atomic E-state index is 0.299. The van der Waals surface area contributed by atoms with Crippen LogP contribution >= 0.6 is 46.6 Å². The fourth-order valence-corrected chi connectivity index (χ4v) is 4.74. The zero-order chi connectivity index (χ0) is 18.1. The summed E-state index contributed by atoms with van der Waals surface area (Å²) < 4.78 is 0. The summed E-state index contributed by atoms with van der Waals surface area (Å²) in [5.41, 5.74) is 2.04. The maximum Gasteiger partial charge on any atom is 0.305 e. The van der Waals surface area contributed by atoms with Gasteiger partial charge in [0.25, 0.3) is 0 Å². The van der Waals surface area contributed by atoms with Gasteiger partial charge in [-0.2, -0.15) is 0 Å². The number of halogens is 3. The average molecular weight is 417 g/mol. The number of aliphatic carboxylic acids is 1. The Morgan fingerprint density at radius 3 is 2.64 bits per heavy atom. The third-order valence-electron chi connectivity index (χ3n) is 3.77. The van der Waals surface area contributed by atoms with Crippen molar-refractivity contribution in [2.45, 2.75) is 16.9 Å². The molecule has 0 unspecified atom stereocenters. The number of carboxylic acid groups (broad SMARTS) is 1. The van der Waals surface area contributed by atoms with Crippen LogP contribution in [0, 0.1) is 0 Å². The summed E-state index contributed by atoms with van der Waals surface area (Å²) in [6.07, 6.45) is -0.299. The lowest BCUT2D eigenvalue weighted by Crippen LogP contribution is -2.26. The molecule has 0 saturated heterocycles. The molecule has 1 aliphatic rings. The summed E-state index contributed by atoms with van der Waals surface area (Å²) in [5.74, 6) is -1.41. The first-order chi connectivity index (χ1) is 11.9. The fourth-order valence-electron chi connectivity index (χ4n) is 2.64. The largest absolute Gasteiger partial charge is 0.481 e. The van der Waals surface area contributed by atoms with Gasteiger partial charge in [0, 0.05) is 10.7 Å². The lowest BCUT2D eigenvalue weighted by Gasteiger charge is -2.21. The molecule has 8 heteroatoms. The summed E-state index contributed by atoms with van der Waals surface area (Å²) in [6.45, 7) is 0. The Morgan fingerprint density at radius 1 is 1.16 bits per heavy atom. The van der Waals surface area contributed by atoms with Crippen LogP contribution in [-0.2, 0) is 9.59 Å². The van der Waals surface area contributed by atoms with E-state index in [0.29, 0.717) is 26.3 Å². The number of thioether (sulfide) groups is 1. The van der Waals surface area contributed by atoms with Gasteiger partial charge in [-0.3, -0.25) is 9.59 Å². The lowest BCUT2D eigenvalue weighted by molar-refractivity contribution is -0.138. The van der Waals surface area contributed by atoms with E-state index in [-0.39, 0.29) is 17.6 Å². The Hall–Kier alpha value is -1.40. The number of nitrogens with one attached hydrogen (secondary N) is 1. The lowest BCUT2D eigenvalue weighted by atomic mass is 10.0. The number of carboxylic acids is 1. The highest BCUT2D eigenvalue weighted by atomic mass is 35.5. The van der Waals surface area contributed by atoms with Crippen LogP contribution < -0.4 is 5.32 Å². The number of amides is 1. The van der Waals surface area contributed by atoms with Gasteiger partial charge in [0.15, 0.2) is 0 Å². The van der Waals surface area contributed by atoms with Gasteiger partial charge >= 0.3 is 5.97 Å². The molecule has 0 bridgehead atoms. The molecule has 25 heavy (non-hydrogen) atoms. The third-order valence-corrected chi connectivity index (χ3v) is 6.33. The first-order valence-corrected chi connectivity index (χ1v) is 9.36. The molecule has 2 aromatic rings. The molecule has 0 aliphatic carbocycles. The number of fused-ring (bicyclic) bond motifs is 1. The maximum atomic E-state index is 12.4. The van der Waals surface area contributed by atoms with Gasteiger partial charge in [-0.15, -0.1) is 11.8 Å². The summed E-state index contributed by atoms with van der Waals surface area (Å²) in [5, 5.41) is 12.0. The average Bonchev–Trinajstić information content (AvgIpc) is 2.67. The summed E-state index contributed by atoms with van der Waals surface area (Å²) in [6, 6.07) is 10.4. The highest BCUT2D eigenvalue weighted by Crippen LogP contribution is 2.48. The number of carbonyl (C=O) groups excluding carboxylic acids is 1. The second-order valence-corrected chi connectivity index (χ2v) is 8.00. The van der Waals surface area contributed by atoms with Crippen molar-refractivity contribution in [1.29, 1.82) is 0 Å². The van der Waals surface area contributed by atoms with Crippen molar-refractivity contribution in [2.24, 2.45) is 0 Å². The molecule has 130 valence electrons. The van der Waals surface area contributed by atoms with E-state index in [1.807, 2.05) is 6.07 Å². The monoisotopic (exact) mass is 415 g/mol. The maximum absolute atomic E-state index is 12.4. The van der Waals surface area contributed by atoms with Gasteiger partial charge in [-0.05, 0) is 35.4 Å². The van der Waals surface area contributed by atoms with Crippen molar-refractivity contribution in [1.82, 2.24) is 0 Å². The van der Waals surface area contributed by atoms with Crippen LogP contribution in [0.15, 0.2) is 36.4 Å². The van der Waals surface area contributed by atoms with E-state index in [2.05, 4.69) is 5.32 Å². The van der Waals surface area contributed by atoms with E-state index in [9.17, 15) is 9.59 Å². The number of benzene rings is 2. The quantitative estimate of drug-likeness (QED) is 0.716. The molecule has 2 N–H and O–H groups in total. The number of hydrogen-bond donors (Lipinski definition) is 2. The van der Waals surface area contributed by atoms with Crippen LogP contribution in [0.1, 0.15) is 22.8 Å². The zero-order valence-corrected chi connectivity index (χ0v) is 15.7. The van der Waals surface area contributed by atoms with Crippen LogP contribution in [-0.4, -0.2) is 22.2 Å². The summed E-state index contributed by atoms with van der Waals surface area (Å²) in [4.78, 5) is 23.6. The van der Waals surface area contributed by atoms with Gasteiger partial charge < -0.3 is 10.4 Å². The van der Waals surface area contributed by atoms with Crippen molar-refractivity contribution >= 4 is 64.1 Å². The van der Waals surface area contributed by atoms with Crippen molar-refractivity contribution in [2.75, 3.05) is 5.32 Å². The minimum atomic E-state index is -1.05. The Kier molecular flexibility index (Phi) is 5.49. The Labute approximate surface area is 163 Å². The predicted octanol–water partition coefficient (Wildman–Crippen LogP) is 5.26. The third kappa shape index (κ3) is 3.90. The fraction of sp³-hybridized carbons (Fsp3) is 0.176. The summed E-state index contributed by atoms with van der Waals surface area (Å²) in [7, 11) is 0. The molecule has 0 aromatic heterocycles. The predicted molar refractivity (Wildman–Crippen MR) is 102 cm³/mol. The molecule has 2 atom stereocenters. The molecular weight excluding hydrogens is 405 g/mol. The molecule has 1 heterocycles. The molecule has 0 fully saturated rings. The normalized spacial score (nSPS) is 19.7. The number of rotatable bonds is 3. The molecule has 4 nitrogen and oxygen atoms in total. The first kappa shape index (κ1) is 18.4. The van der Waals surface area contributed by atoms with Gasteiger partial charge in [0.1, 0.15) is 0 Å². The molecule has 0 saturated carbocycles. The van der Waals surface area contributed by atoms with Crippen molar-refractivity contribution in [3.8, 4) is 0 Å². The molecule has 0 radical (unpaired) electrons. The van der Waals surface area contributed by atoms with Crippen LogP contribution in [0.25, 0.3) is 0 Å². The van der Waals surface area contributed by atoms with Gasteiger partial charge in [-0.1, -0.05) is 46.9 Å². The summed E-state index contributed by atoms with van der Waals surface area (Å²) >= 11 is 19.9. The van der Waals surface area contributed by atoms with Crippen LogP contribution in [0.5, 0.6) is 0 Å². The topological polar surface area (TPSA) is 66.4 Å². The van der Waals surface area contributed by atoms with E-state index in [1.165, 1.54) is 11.8 Å². The first-order valence-electron chi connectivity index (χ1n) is 7.28. The van der Waals surface area contributed by atoms with E-state index >= 15 is 0 Å². The number of carbonyl (C=O) groups is 2. The number of hydrogen-bond acceptors (Lipinski definition) is 3. The Balaban J connectivity index is 2.15. The zero-order valence-electron chi connectivity index (χ0n) is 12.6. The van der Waals surface area contributed by atoms with Gasteiger partial charge in [-0.25, -0.2) is 0 Å². The van der Waals surface area contributed by atoms with Crippen LogP contribution in [0.2, 0.25) is 15.1 Å². The standard InChI is InChI=1S/C17H12Cl3NO3S/c18-8-4-5-12-10(6-8)16(9-2-1-3-11(19)15(9)20)25-13(7-14(22)23)17(24)21-12/h1-6,13,16H,7H2,(H,21,24)(H,22,23)/t13-,16-/m0/s1. The molecule has 1 aliphatic heterocycles. The van der Waals surface area contributed by atoms with E-state index in [0.717, 1.165) is 5.56 Å². The number of anilines is 1. The SMILES string of the molecule is O=C(O)C[C@@H]1S[C@@H](c2cccc(Cl)c2Cl)c2cc(Cl)ccc2NC1=O. The second-order valence-electron chi connectivity index (χ2n) is 5.47. The van der Waals surface area contributed by atoms with Crippen molar-refractivity contribution in [3.05, 3.63) is 62.6 Å². The molecule has 2 aromatic carbocycles. The molecule has 1 amide bonds. The van der Waals surface area contributed by atoms with E-state index in [4.69, 9.17) is 39.9 Å². The smallest absolute Gasteiger partial charge is 0.305 e. The van der Waals surface area contributed by atoms with Gasteiger partial charge in [0.05, 0.1) is 27.0 Å². The van der Waals surface area contributed by atoms with Crippen molar-refractivity contribution in [3.63, 3.8) is 0 Å². The molecule has 3 rings (SSSR count). The van der Waals surface area contributed by atoms with Crippen LogP contribution in [0.4, 0.5) is 5.69 Å². The molecular formula is C17H12Cl3NO3S. The highest BCUT2D eigenvalue weighted by Gasteiger charge is 2.34. The molecule has 0 spiro atoms. The second kappa shape index (κ2) is 7.46. The Morgan fingerprint density at radius 2 is 1.92 bits per heavy atom. The van der Waals surface area contributed by atoms with Gasteiger partial charge in [0.2, 0.25) is 5.91 Å². The van der Waals surface area contributed by atoms with E-state index in [1.54, 1.807) is 30.3 Å². The van der Waals surface area contributed by atoms with Crippen molar-refractivity contribution < 1.29 is 14.7 Å². The minimum Gasteiger partial charge on any atom is -0.481 e. The van der Waals surface area contributed by atoms with E-state index < -0.39 is 11.2 Å². The Bertz CT molecular complexity index is 859. The van der Waals surface area contributed by atoms with Crippen LogP contribution in [0.3, 0.4) is 0 Å².